The van der Waals surface area contributed by atoms with E-state index in [9.17, 15) is 0 Å². The van der Waals surface area contributed by atoms with Crippen molar-refractivity contribution in [1.29, 1.82) is 0 Å². The molecule has 19 heavy (non-hydrogen) atoms. The first kappa shape index (κ1) is 15.5. The summed E-state index contributed by atoms with van der Waals surface area (Å²) in [5.74, 6) is 0.855. The summed E-state index contributed by atoms with van der Waals surface area (Å²) in [5.41, 5.74) is 0.353. The van der Waals surface area contributed by atoms with Crippen LogP contribution in [0.5, 0.6) is 0 Å². The summed E-state index contributed by atoms with van der Waals surface area (Å²) in [6, 6.07) is 2.21. The standard InChI is InChI=1S/C15H25BrN2S/c1-12-5-4-6-15(8-12,18(2)3)11-17-9-14-7-13(16)10-19-14/h7,10,12,17H,4-6,8-9,11H2,1-3H3. The van der Waals surface area contributed by atoms with Crippen molar-refractivity contribution in [2.45, 2.75) is 44.7 Å². The smallest absolute Gasteiger partial charge is 0.0330 e. The summed E-state index contributed by atoms with van der Waals surface area (Å²) in [4.78, 5) is 3.85. The van der Waals surface area contributed by atoms with Crippen LogP contribution in [0.3, 0.4) is 0 Å². The Bertz CT molecular complexity index is 405. The van der Waals surface area contributed by atoms with Gasteiger partial charge in [-0.05, 0) is 54.9 Å². The number of thiophene rings is 1. The van der Waals surface area contributed by atoms with E-state index >= 15 is 0 Å². The maximum atomic E-state index is 3.68. The topological polar surface area (TPSA) is 15.3 Å². The molecular formula is C15H25BrN2S. The van der Waals surface area contributed by atoms with Gasteiger partial charge in [-0.1, -0.05) is 19.8 Å². The molecule has 0 spiro atoms. The second-order valence-electron chi connectivity index (χ2n) is 6.16. The molecule has 1 aliphatic rings. The Morgan fingerprint density at radius 2 is 2.32 bits per heavy atom. The molecule has 0 bridgehead atoms. The van der Waals surface area contributed by atoms with Crippen LogP contribution in [0.2, 0.25) is 0 Å². The zero-order valence-corrected chi connectivity index (χ0v) is 14.6. The minimum absolute atomic E-state index is 0.353. The number of hydrogen-bond donors (Lipinski definition) is 1. The Balaban J connectivity index is 1.90. The number of nitrogens with one attached hydrogen (secondary N) is 1. The molecule has 2 unspecified atom stereocenters. The Hall–Kier alpha value is 0.1000. The molecule has 1 fully saturated rings. The van der Waals surface area contributed by atoms with Crippen molar-refractivity contribution in [2.75, 3.05) is 20.6 Å². The molecule has 0 radical (unpaired) electrons. The van der Waals surface area contributed by atoms with Crippen molar-refractivity contribution in [1.82, 2.24) is 10.2 Å². The normalized spacial score (nSPS) is 27.9. The first-order valence-electron chi connectivity index (χ1n) is 7.13. The lowest BCUT2D eigenvalue weighted by atomic mass is 9.75. The second-order valence-corrected chi connectivity index (χ2v) is 8.07. The molecule has 1 N–H and O–H groups in total. The third-order valence-corrected chi connectivity index (χ3v) is 6.09. The number of likely N-dealkylation sites (N-methyl/N-ethyl adjacent to an activating group) is 1. The van der Waals surface area contributed by atoms with E-state index in [1.807, 2.05) is 11.3 Å². The van der Waals surface area contributed by atoms with Crippen LogP contribution in [0.4, 0.5) is 0 Å². The third-order valence-electron chi connectivity index (χ3n) is 4.39. The van der Waals surface area contributed by atoms with Crippen LogP contribution in [0.25, 0.3) is 0 Å². The molecule has 0 aromatic carbocycles. The molecule has 0 aliphatic heterocycles. The van der Waals surface area contributed by atoms with E-state index in [0.717, 1.165) is 19.0 Å². The van der Waals surface area contributed by atoms with Gasteiger partial charge in [-0.2, -0.15) is 0 Å². The van der Waals surface area contributed by atoms with Gasteiger partial charge >= 0.3 is 0 Å². The summed E-state index contributed by atoms with van der Waals surface area (Å²) in [6.45, 7) is 4.48. The van der Waals surface area contributed by atoms with Crippen molar-refractivity contribution < 1.29 is 0 Å². The maximum absolute atomic E-state index is 3.68. The van der Waals surface area contributed by atoms with Gasteiger partial charge in [0.05, 0.1) is 0 Å². The van der Waals surface area contributed by atoms with Crippen LogP contribution < -0.4 is 5.32 Å². The van der Waals surface area contributed by atoms with Gasteiger partial charge in [0.25, 0.3) is 0 Å². The van der Waals surface area contributed by atoms with Gasteiger partial charge in [0, 0.05) is 33.4 Å². The number of hydrogen-bond acceptors (Lipinski definition) is 3. The lowest BCUT2D eigenvalue weighted by Crippen LogP contribution is -2.54. The quantitative estimate of drug-likeness (QED) is 0.864. The van der Waals surface area contributed by atoms with Gasteiger partial charge in [0.2, 0.25) is 0 Å². The third kappa shape index (κ3) is 4.03. The molecule has 2 atom stereocenters. The fraction of sp³-hybridized carbons (Fsp3) is 0.733. The summed E-state index contributed by atoms with van der Waals surface area (Å²) in [6.07, 6.45) is 5.41. The van der Waals surface area contributed by atoms with Gasteiger partial charge in [-0.25, -0.2) is 0 Å². The average molecular weight is 345 g/mol. The summed E-state index contributed by atoms with van der Waals surface area (Å²) >= 11 is 5.34. The largest absolute Gasteiger partial charge is 0.310 e. The van der Waals surface area contributed by atoms with Gasteiger partial charge in [-0.15, -0.1) is 11.3 Å². The predicted octanol–water partition coefficient (Wildman–Crippen LogP) is 4.11. The van der Waals surface area contributed by atoms with E-state index in [0.29, 0.717) is 5.54 Å². The Kier molecular flexibility index (Phi) is 5.46. The number of halogens is 1. The number of nitrogens with zero attached hydrogens (tertiary/aromatic N) is 1. The van der Waals surface area contributed by atoms with Crippen LogP contribution in [0, 0.1) is 5.92 Å². The van der Waals surface area contributed by atoms with Crippen LogP contribution >= 0.6 is 27.3 Å². The van der Waals surface area contributed by atoms with Crippen LogP contribution in [0.1, 0.15) is 37.5 Å². The molecule has 1 heterocycles. The van der Waals surface area contributed by atoms with Gasteiger partial charge < -0.3 is 10.2 Å². The van der Waals surface area contributed by atoms with E-state index in [-0.39, 0.29) is 0 Å². The molecule has 1 saturated carbocycles. The average Bonchev–Trinajstić information content (AvgIpc) is 2.75. The highest BCUT2D eigenvalue weighted by atomic mass is 79.9. The summed E-state index contributed by atoms with van der Waals surface area (Å²) in [5, 5.41) is 5.83. The van der Waals surface area contributed by atoms with Crippen LogP contribution in [0.15, 0.2) is 15.9 Å². The molecule has 0 saturated heterocycles. The predicted molar refractivity (Wildman–Crippen MR) is 87.8 cm³/mol. The van der Waals surface area contributed by atoms with Crippen molar-refractivity contribution in [3.63, 3.8) is 0 Å². The lowest BCUT2D eigenvalue weighted by molar-refractivity contribution is 0.0750. The SMILES string of the molecule is CC1CCCC(CNCc2cc(Br)cs2)(N(C)C)C1. The van der Waals surface area contributed by atoms with Gasteiger partial charge in [-0.3, -0.25) is 0 Å². The monoisotopic (exact) mass is 344 g/mol. The van der Waals surface area contributed by atoms with Crippen molar-refractivity contribution >= 4 is 27.3 Å². The van der Waals surface area contributed by atoms with Crippen LogP contribution in [-0.2, 0) is 6.54 Å². The summed E-state index contributed by atoms with van der Waals surface area (Å²) in [7, 11) is 4.48. The van der Waals surface area contributed by atoms with Crippen molar-refractivity contribution in [3.8, 4) is 0 Å². The highest BCUT2D eigenvalue weighted by Gasteiger charge is 2.36. The molecule has 2 nitrogen and oxygen atoms in total. The molecular weight excluding hydrogens is 320 g/mol. The fourth-order valence-electron chi connectivity index (χ4n) is 3.22. The fourth-order valence-corrected chi connectivity index (χ4v) is 4.64. The van der Waals surface area contributed by atoms with Gasteiger partial charge in [0.15, 0.2) is 0 Å². The van der Waals surface area contributed by atoms with Crippen molar-refractivity contribution in [3.05, 3.63) is 20.8 Å². The molecule has 1 aliphatic carbocycles. The van der Waals surface area contributed by atoms with E-state index < -0.39 is 0 Å². The zero-order valence-electron chi connectivity index (χ0n) is 12.2. The lowest BCUT2D eigenvalue weighted by Gasteiger charge is -2.45. The first-order valence-corrected chi connectivity index (χ1v) is 8.80. The van der Waals surface area contributed by atoms with E-state index in [1.54, 1.807) is 0 Å². The van der Waals surface area contributed by atoms with E-state index in [4.69, 9.17) is 0 Å². The Labute approximate surface area is 129 Å². The summed E-state index contributed by atoms with van der Waals surface area (Å²) < 4.78 is 1.20. The molecule has 4 heteroatoms. The second kappa shape index (κ2) is 6.70. The van der Waals surface area contributed by atoms with E-state index in [1.165, 1.54) is 35.0 Å². The highest BCUT2D eigenvalue weighted by Crippen LogP contribution is 2.35. The minimum Gasteiger partial charge on any atom is -0.310 e. The maximum Gasteiger partial charge on any atom is 0.0330 e. The highest BCUT2D eigenvalue weighted by molar-refractivity contribution is 9.10. The van der Waals surface area contributed by atoms with Gasteiger partial charge in [0.1, 0.15) is 0 Å². The van der Waals surface area contributed by atoms with Crippen LogP contribution in [-0.4, -0.2) is 31.1 Å². The first-order chi connectivity index (χ1) is 9.02. The molecule has 1 aromatic heterocycles. The number of rotatable bonds is 5. The molecule has 108 valence electrons. The van der Waals surface area contributed by atoms with E-state index in [2.05, 4.69) is 58.6 Å². The Morgan fingerprint density at radius 3 is 2.89 bits per heavy atom. The minimum atomic E-state index is 0.353. The molecule has 2 rings (SSSR count). The van der Waals surface area contributed by atoms with Crippen molar-refractivity contribution in [2.24, 2.45) is 5.92 Å². The zero-order chi connectivity index (χ0) is 13.9. The molecule has 0 amide bonds. The Morgan fingerprint density at radius 1 is 1.53 bits per heavy atom. The molecule has 1 aromatic rings.